The maximum atomic E-state index is 13.1. The van der Waals surface area contributed by atoms with Crippen LogP contribution >= 0.6 is 0 Å². The Morgan fingerprint density at radius 3 is 1.61 bits per heavy atom. The van der Waals surface area contributed by atoms with Crippen molar-refractivity contribution in [1.29, 1.82) is 0 Å². The zero-order valence-corrected chi connectivity index (χ0v) is 30.3. The second kappa shape index (κ2) is 16.2. The van der Waals surface area contributed by atoms with Crippen LogP contribution in [-0.2, 0) is 33.9 Å². The molecule has 1 N–H and O–H groups in total. The lowest BCUT2D eigenvalue weighted by molar-refractivity contribution is 0.0699. The van der Waals surface area contributed by atoms with Crippen LogP contribution in [0.25, 0.3) is 21.5 Å². The van der Waals surface area contributed by atoms with Crippen molar-refractivity contribution in [2.24, 2.45) is 0 Å². The summed E-state index contributed by atoms with van der Waals surface area (Å²) in [7, 11) is -3.12. The van der Waals surface area contributed by atoms with Crippen molar-refractivity contribution < 1.29 is 51.2 Å². The van der Waals surface area contributed by atoms with E-state index < -0.39 is 14.9 Å². The lowest BCUT2D eigenvalue weighted by Gasteiger charge is -2.28. The van der Waals surface area contributed by atoms with E-state index in [2.05, 4.69) is 23.5 Å². The number of epoxide rings is 3. The van der Waals surface area contributed by atoms with Crippen LogP contribution in [0.15, 0.2) is 60.7 Å². The first-order valence-electron chi connectivity index (χ1n) is 17.7. The van der Waals surface area contributed by atoms with Crippen LogP contribution in [0.3, 0.4) is 0 Å². The molecule has 3 atom stereocenters. The maximum Gasteiger partial charge on any atom is 0.521 e. The molecule has 0 bridgehead atoms. The van der Waals surface area contributed by atoms with Crippen molar-refractivity contribution >= 4 is 36.4 Å². The molecule has 3 unspecified atom stereocenters. The van der Waals surface area contributed by atoms with E-state index in [9.17, 15) is 4.79 Å². The molecule has 0 spiro atoms. The van der Waals surface area contributed by atoms with Crippen LogP contribution in [0, 0.1) is 0 Å². The van der Waals surface area contributed by atoms with Gasteiger partial charge in [-0.3, -0.25) is 0 Å². The largest absolute Gasteiger partial charge is 0.521 e. The van der Waals surface area contributed by atoms with Crippen molar-refractivity contribution in [2.45, 2.75) is 45.5 Å². The average molecular weight is 720 g/mol. The van der Waals surface area contributed by atoms with E-state index >= 15 is 0 Å². The molecule has 272 valence electrons. The van der Waals surface area contributed by atoms with E-state index in [0.29, 0.717) is 70.8 Å². The maximum absolute atomic E-state index is 13.1. The van der Waals surface area contributed by atoms with Crippen molar-refractivity contribution in [3.63, 3.8) is 0 Å². The molecule has 0 saturated carbocycles. The molecule has 0 aromatic heterocycles. The van der Waals surface area contributed by atoms with Gasteiger partial charge in [0.2, 0.25) is 0 Å². The van der Waals surface area contributed by atoms with Gasteiger partial charge in [0.1, 0.15) is 61.1 Å². The summed E-state index contributed by atoms with van der Waals surface area (Å²) >= 11 is 0. The number of hydrogen-bond donors (Lipinski definition) is 1. The number of ether oxygens (including phenoxy) is 7. The highest BCUT2D eigenvalue weighted by Crippen LogP contribution is 2.39. The minimum Gasteiger partial charge on any atom is -0.491 e. The fourth-order valence-corrected chi connectivity index (χ4v) is 8.19. The number of carbonyl (C=O) groups is 1. The first-order valence-corrected chi connectivity index (χ1v) is 19.6. The van der Waals surface area contributed by atoms with Crippen molar-refractivity contribution in [1.82, 2.24) is 5.32 Å². The number of amides is 1. The summed E-state index contributed by atoms with van der Waals surface area (Å²) in [4.78, 5) is 13.1. The predicted octanol–water partition coefficient (Wildman–Crippen LogP) is 5.59. The highest BCUT2D eigenvalue weighted by Gasteiger charge is 2.41. The number of fused-ring (bicyclic) bond motifs is 2. The second-order valence-electron chi connectivity index (χ2n) is 12.6. The van der Waals surface area contributed by atoms with Crippen LogP contribution in [0.2, 0.25) is 0 Å². The normalized spacial score (nSPS) is 19.2. The zero-order chi connectivity index (χ0) is 35.2. The topological polar surface area (TPSA) is 131 Å². The molecule has 51 heavy (non-hydrogen) atoms. The van der Waals surface area contributed by atoms with Gasteiger partial charge in [0.25, 0.3) is 0 Å². The van der Waals surface area contributed by atoms with E-state index in [1.54, 1.807) is 6.07 Å². The fourth-order valence-electron chi connectivity index (χ4n) is 5.96. The summed E-state index contributed by atoms with van der Waals surface area (Å²) in [6, 6.07) is 19.8. The molecule has 3 aliphatic heterocycles. The summed E-state index contributed by atoms with van der Waals surface area (Å²) < 4.78 is 58.6. The number of hydrogen-bond acceptors (Lipinski definition) is 11. The second-order valence-corrected chi connectivity index (χ2v) is 15.1. The Morgan fingerprint density at radius 2 is 1.12 bits per heavy atom. The third-order valence-electron chi connectivity index (χ3n) is 8.72. The molecular formula is C38H45NO11Si. The van der Waals surface area contributed by atoms with Crippen molar-refractivity contribution in [3.05, 3.63) is 71.8 Å². The minimum atomic E-state index is -3.12. The molecule has 13 heteroatoms. The minimum absolute atomic E-state index is 0.0674. The van der Waals surface area contributed by atoms with Crippen molar-refractivity contribution in [3.8, 4) is 23.0 Å². The molecule has 12 nitrogen and oxygen atoms in total. The lowest BCUT2D eigenvalue weighted by atomic mass is 9.93. The molecule has 1 amide bonds. The third-order valence-corrected chi connectivity index (χ3v) is 11.5. The Kier molecular flexibility index (Phi) is 11.2. The van der Waals surface area contributed by atoms with Crippen LogP contribution in [0.5, 0.6) is 23.0 Å². The molecule has 3 heterocycles. The number of carbonyl (C=O) groups excluding carboxylic acids is 1. The van der Waals surface area contributed by atoms with Crippen LogP contribution in [0.1, 0.15) is 31.9 Å². The Bertz CT molecular complexity index is 1800. The van der Waals surface area contributed by atoms with Crippen LogP contribution in [-0.4, -0.2) is 98.8 Å². The van der Waals surface area contributed by atoms with Gasteiger partial charge in [-0.15, -0.1) is 0 Å². The zero-order valence-electron chi connectivity index (χ0n) is 29.3. The number of nitrogens with one attached hydrogen (secondary N) is 1. The Morgan fingerprint density at radius 1 is 0.667 bits per heavy atom. The quantitative estimate of drug-likeness (QED) is 0.0906. The first-order chi connectivity index (χ1) is 25.0. The molecule has 7 rings (SSSR count). The van der Waals surface area contributed by atoms with Gasteiger partial charge in [-0.2, -0.15) is 0 Å². The van der Waals surface area contributed by atoms with Gasteiger partial charge in [-0.25, -0.2) is 4.79 Å². The smallest absolute Gasteiger partial charge is 0.491 e. The molecule has 3 fully saturated rings. The average Bonchev–Trinajstić information content (AvgIpc) is 3.98. The summed E-state index contributed by atoms with van der Waals surface area (Å²) in [5.74, 6) is 2.60. The molecule has 4 aromatic rings. The third kappa shape index (κ3) is 9.29. The Labute approximate surface area is 298 Å². The molecule has 0 radical (unpaired) electrons. The van der Waals surface area contributed by atoms with Gasteiger partial charge in [-0.05, 0) is 78.7 Å². The lowest BCUT2D eigenvalue weighted by Crippen LogP contribution is -2.55. The SMILES string of the molecule is CCO[Si](CNC(=O)Oc1ccc2ccc(OCC3CO3)c(Cc3c(OCC4CO4)ccc4ccc(OCC5CO5)cc34)c2c1)(OCC)OCC. The highest BCUT2D eigenvalue weighted by atomic mass is 28.4. The summed E-state index contributed by atoms with van der Waals surface area (Å²) in [5.41, 5.74) is 1.90. The highest BCUT2D eigenvalue weighted by molar-refractivity contribution is 6.61. The van der Waals surface area contributed by atoms with E-state index in [1.807, 2.05) is 57.2 Å². The Hall–Kier alpha value is -3.95. The monoisotopic (exact) mass is 719 g/mol. The van der Waals surface area contributed by atoms with E-state index in [1.165, 1.54) is 0 Å². The van der Waals surface area contributed by atoms with Gasteiger partial charge in [0.15, 0.2) is 0 Å². The van der Waals surface area contributed by atoms with Crippen molar-refractivity contribution in [2.75, 3.05) is 65.6 Å². The molecule has 0 aliphatic carbocycles. The van der Waals surface area contributed by atoms with E-state index in [-0.39, 0.29) is 24.5 Å². The standard InChI is InChI=1S/C38H45NO11Si/c1-4-47-51(48-5-2,49-6-3)24-39-38(40)50-28-12-8-26-10-14-37(46-23-31-21-44-31)35(33(26)16-28)17-34-32-15-27(41-18-29-19-42-29)11-7-25(32)9-13-36(34)45-22-30-20-43-30/h7-16,29-31H,4-6,17-24H2,1-3H3,(H,39,40). The number of rotatable bonds is 20. The summed E-state index contributed by atoms with van der Waals surface area (Å²) in [5, 5.41) is 6.70. The van der Waals surface area contributed by atoms with Gasteiger partial charge < -0.3 is 51.8 Å². The van der Waals surface area contributed by atoms with Gasteiger partial charge in [0.05, 0.1) is 26.0 Å². The summed E-state index contributed by atoms with van der Waals surface area (Å²) in [6.07, 6.45) is 0.203. The molecule has 3 saturated heterocycles. The van der Waals surface area contributed by atoms with Crippen LogP contribution in [0.4, 0.5) is 4.79 Å². The van der Waals surface area contributed by atoms with E-state index in [0.717, 1.165) is 50.8 Å². The fraction of sp³-hybridized carbons (Fsp3) is 0.447. The number of benzene rings is 4. The van der Waals surface area contributed by atoms with Gasteiger partial charge in [-0.1, -0.05) is 24.3 Å². The van der Waals surface area contributed by atoms with Gasteiger partial charge in [0, 0.05) is 37.4 Å². The molecule has 3 aliphatic rings. The molecule has 4 aromatic carbocycles. The predicted molar refractivity (Wildman–Crippen MR) is 191 cm³/mol. The van der Waals surface area contributed by atoms with E-state index in [4.69, 9.17) is 46.4 Å². The van der Waals surface area contributed by atoms with Crippen LogP contribution < -0.4 is 24.3 Å². The summed E-state index contributed by atoms with van der Waals surface area (Å²) in [6.45, 7) is 10.3. The Balaban J connectivity index is 1.21. The molecular weight excluding hydrogens is 675 g/mol. The first kappa shape index (κ1) is 35.4. The van der Waals surface area contributed by atoms with Gasteiger partial charge >= 0.3 is 14.9 Å².